The minimum atomic E-state index is -0.227. The van der Waals surface area contributed by atoms with Gasteiger partial charge in [-0.25, -0.2) is 0 Å². The van der Waals surface area contributed by atoms with E-state index in [9.17, 15) is 4.79 Å². The molecule has 0 fully saturated rings. The molecule has 0 aliphatic carbocycles. The normalized spacial score (nSPS) is 8.71. The second-order valence-electron chi connectivity index (χ2n) is 2.53. The van der Waals surface area contributed by atoms with Gasteiger partial charge in [-0.05, 0) is 18.2 Å². The van der Waals surface area contributed by atoms with Crippen molar-refractivity contribution in [1.29, 1.82) is 0 Å². The minimum absolute atomic E-state index is 0.227. The van der Waals surface area contributed by atoms with E-state index >= 15 is 0 Å². The number of rotatable bonds is 2. The lowest BCUT2D eigenvalue weighted by atomic mass is 10.1. The Bertz CT molecular complexity index is 385. The maximum Gasteiger partial charge on any atom is 0.151 e. The summed E-state index contributed by atoms with van der Waals surface area (Å²) in [7, 11) is 1.54. The number of ether oxygens (including phenoxy) is 1. The van der Waals surface area contributed by atoms with Gasteiger partial charge < -0.3 is 9.84 Å². The summed E-state index contributed by atoms with van der Waals surface area (Å²) in [5.74, 6) is 5.80. The Morgan fingerprint density at radius 1 is 1.57 bits per heavy atom. The van der Waals surface area contributed by atoms with Gasteiger partial charge in [-0.3, -0.25) is 4.79 Å². The number of hydrogen-bond acceptors (Lipinski definition) is 3. The van der Waals surface area contributed by atoms with Crippen LogP contribution in [-0.2, 0) is 0 Å². The number of benzene rings is 1. The molecule has 0 heterocycles. The van der Waals surface area contributed by atoms with Crippen LogP contribution in [0.1, 0.15) is 15.9 Å². The van der Waals surface area contributed by atoms with Crippen molar-refractivity contribution < 1.29 is 14.6 Å². The van der Waals surface area contributed by atoms with Crippen molar-refractivity contribution in [2.24, 2.45) is 0 Å². The second-order valence-corrected chi connectivity index (χ2v) is 2.53. The van der Waals surface area contributed by atoms with E-state index in [1.54, 1.807) is 25.3 Å². The minimum Gasteiger partial charge on any atom is -0.497 e. The quantitative estimate of drug-likeness (QED) is 0.555. The molecular formula is C11H10O3. The average Bonchev–Trinajstić information content (AvgIpc) is 2.25. The molecule has 0 saturated heterocycles. The fraction of sp³-hybridized carbons (Fsp3) is 0.182. The van der Waals surface area contributed by atoms with Crippen molar-refractivity contribution in [3.63, 3.8) is 0 Å². The molecule has 0 amide bonds. The monoisotopic (exact) mass is 190 g/mol. The van der Waals surface area contributed by atoms with Gasteiger partial charge in [0.2, 0.25) is 0 Å². The molecule has 0 aliphatic rings. The Hall–Kier alpha value is -1.79. The third-order valence-corrected chi connectivity index (χ3v) is 1.69. The molecule has 14 heavy (non-hydrogen) atoms. The topological polar surface area (TPSA) is 46.5 Å². The summed E-state index contributed by atoms with van der Waals surface area (Å²) in [5.41, 5.74) is 1.06. The van der Waals surface area contributed by atoms with Crippen LogP contribution in [0.4, 0.5) is 0 Å². The molecule has 0 spiro atoms. The summed E-state index contributed by atoms with van der Waals surface area (Å²) >= 11 is 0. The zero-order valence-corrected chi connectivity index (χ0v) is 7.78. The summed E-state index contributed by atoms with van der Waals surface area (Å²) in [4.78, 5) is 10.6. The fourth-order valence-electron chi connectivity index (χ4n) is 1.01. The summed E-state index contributed by atoms with van der Waals surface area (Å²) in [6.45, 7) is -0.227. The van der Waals surface area contributed by atoms with Crippen molar-refractivity contribution in [3.8, 4) is 17.6 Å². The Labute approximate surface area is 82.3 Å². The maximum atomic E-state index is 10.6. The summed E-state index contributed by atoms with van der Waals surface area (Å²) in [6, 6.07) is 4.98. The SMILES string of the molecule is COc1ccc(C=O)c(C#CCO)c1. The number of aldehydes is 1. The molecular weight excluding hydrogens is 180 g/mol. The maximum absolute atomic E-state index is 10.6. The van der Waals surface area contributed by atoms with Crippen molar-refractivity contribution in [2.75, 3.05) is 13.7 Å². The number of methoxy groups -OCH3 is 1. The highest BCUT2D eigenvalue weighted by atomic mass is 16.5. The Morgan fingerprint density at radius 2 is 2.36 bits per heavy atom. The van der Waals surface area contributed by atoms with Gasteiger partial charge in [0.25, 0.3) is 0 Å². The molecule has 0 aromatic heterocycles. The van der Waals surface area contributed by atoms with E-state index in [0.717, 1.165) is 6.29 Å². The first-order chi connectivity index (χ1) is 6.81. The van der Waals surface area contributed by atoms with Gasteiger partial charge in [-0.2, -0.15) is 0 Å². The molecule has 1 aromatic rings. The van der Waals surface area contributed by atoms with Gasteiger partial charge in [0, 0.05) is 11.1 Å². The van der Waals surface area contributed by atoms with Crippen molar-refractivity contribution in [1.82, 2.24) is 0 Å². The van der Waals surface area contributed by atoms with E-state index in [1.807, 2.05) is 0 Å². The van der Waals surface area contributed by atoms with Gasteiger partial charge in [-0.1, -0.05) is 11.8 Å². The Morgan fingerprint density at radius 3 is 2.93 bits per heavy atom. The van der Waals surface area contributed by atoms with Gasteiger partial charge in [0.05, 0.1) is 7.11 Å². The zero-order valence-electron chi connectivity index (χ0n) is 7.78. The molecule has 1 aromatic carbocycles. The summed E-state index contributed by atoms with van der Waals surface area (Å²) < 4.78 is 4.99. The number of aliphatic hydroxyl groups excluding tert-OH is 1. The highest BCUT2D eigenvalue weighted by Gasteiger charge is 2.00. The number of carbonyl (C=O) groups is 1. The molecule has 0 atom stereocenters. The van der Waals surface area contributed by atoms with E-state index in [0.29, 0.717) is 16.9 Å². The lowest BCUT2D eigenvalue weighted by Crippen LogP contribution is -1.90. The number of hydrogen-bond donors (Lipinski definition) is 1. The standard InChI is InChI=1S/C11H10O3/c1-14-11-5-4-10(8-13)9(7-11)3-2-6-12/h4-5,7-8,12H,6H2,1H3. The number of aliphatic hydroxyl groups is 1. The van der Waals surface area contributed by atoms with Gasteiger partial charge >= 0.3 is 0 Å². The molecule has 0 radical (unpaired) electrons. The molecule has 1 rings (SSSR count). The molecule has 0 aliphatic heterocycles. The Kier molecular flexibility index (Phi) is 3.71. The van der Waals surface area contributed by atoms with Crippen LogP contribution >= 0.6 is 0 Å². The predicted octanol–water partition coefficient (Wildman–Crippen LogP) is 0.851. The van der Waals surface area contributed by atoms with Gasteiger partial charge in [0.15, 0.2) is 6.29 Å². The summed E-state index contributed by atoms with van der Waals surface area (Å²) in [6.07, 6.45) is 0.723. The van der Waals surface area contributed by atoms with Crippen LogP contribution in [-0.4, -0.2) is 25.1 Å². The van der Waals surface area contributed by atoms with E-state index in [4.69, 9.17) is 9.84 Å². The van der Waals surface area contributed by atoms with Crippen LogP contribution in [0.3, 0.4) is 0 Å². The van der Waals surface area contributed by atoms with E-state index < -0.39 is 0 Å². The predicted molar refractivity (Wildman–Crippen MR) is 52.3 cm³/mol. The lowest BCUT2D eigenvalue weighted by Gasteiger charge is -2.01. The van der Waals surface area contributed by atoms with Crippen LogP contribution < -0.4 is 4.74 Å². The first kappa shape index (κ1) is 10.3. The molecule has 72 valence electrons. The molecule has 1 N–H and O–H groups in total. The van der Waals surface area contributed by atoms with E-state index in [2.05, 4.69) is 11.8 Å². The van der Waals surface area contributed by atoms with Crippen molar-refractivity contribution >= 4 is 6.29 Å². The number of carbonyl (C=O) groups excluding carboxylic acids is 1. The molecule has 0 saturated carbocycles. The molecule has 3 heteroatoms. The van der Waals surface area contributed by atoms with Gasteiger partial charge in [0.1, 0.15) is 12.4 Å². The highest BCUT2D eigenvalue weighted by molar-refractivity contribution is 5.79. The van der Waals surface area contributed by atoms with Crippen LogP contribution in [0.5, 0.6) is 5.75 Å². The second kappa shape index (κ2) is 5.05. The smallest absolute Gasteiger partial charge is 0.151 e. The van der Waals surface area contributed by atoms with Crippen LogP contribution in [0.15, 0.2) is 18.2 Å². The molecule has 3 nitrogen and oxygen atoms in total. The van der Waals surface area contributed by atoms with Crippen molar-refractivity contribution in [2.45, 2.75) is 0 Å². The molecule has 0 bridgehead atoms. The fourth-order valence-corrected chi connectivity index (χ4v) is 1.01. The third-order valence-electron chi connectivity index (χ3n) is 1.69. The first-order valence-electron chi connectivity index (χ1n) is 4.04. The summed E-state index contributed by atoms with van der Waals surface area (Å²) in [5, 5.41) is 8.52. The van der Waals surface area contributed by atoms with E-state index in [-0.39, 0.29) is 6.61 Å². The largest absolute Gasteiger partial charge is 0.497 e. The van der Waals surface area contributed by atoms with Gasteiger partial charge in [-0.15, -0.1) is 0 Å². The third kappa shape index (κ3) is 2.35. The highest BCUT2D eigenvalue weighted by Crippen LogP contribution is 2.15. The lowest BCUT2D eigenvalue weighted by molar-refractivity contribution is 0.112. The van der Waals surface area contributed by atoms with Crippen LogP contribution in [0, 0.1) is 11.8 Å². The van der Waals surface area contributed by atoms with Crippen LogP contribution in [0.25, 0.3) is 0 Å². The molecule has 0 unspecified atom stereocenters. The average molecular weight is 190 g/mol. The van der Waals surface area contributed by atoms with Crippen molar-refractivity contribution in [3.05, 3.63) is 29.3 Å². The Balaban J connectivity index is 3.14. The van der Waals surface area contributed by atoms with Crippen LogP contribution in [0.2, 0.25) is 0 Å². The zero-order chi connectivity index (χ0) is 10.4. The first-order valence-corrected chi connectivity index (χ1v) is 4.04. The van der Waals surface area contributed by atoms with E-state index in [1.165, 1.54) is 0 Å².